The molecule has 218 valence electrons. The lowest BCUT2D eigenvalue weighted by molar-refractivity contribution is -0.385. The predicted octanol–water partition coefficient (Wildman–Crippen LogP) is 7.53. The van der Waals surface area contributed by atoms with Crippen LogP contribution in [0.1, 0.15) is 42.0 Å². The highest BCUT2D eigenvalue weighted by atomic mass is 35.5. The summed E-state index contributed by atoms with van der Waals surface area (Å²) >= 11 is 6.28. The second kappa shape index (κ2) is 12.5. The van der Waals surface area contributed by atoms with Gasteiger partial charge < -0.3 is 9.47 Å². The molecule has 10 heteroatoms. The van der Waals surface area contributed by atoms with Gasteiger partial charge in [-0.25, -0.2) is 4.98 Å². The molecule has 5 aromatic rings. The molecule has 0 atom stereocenters. The fourth-order valence-corrected chi connectivity index (χ4v) is 4.99. The van der Waals surface area contributed by atoms with Gasteiger partial charge in [0.1, 0.15) is 12.4 Å². The van der Waals surface area contributed by atoms with E-state index in [2.05, 4.69) is 18.9 Å². The van der Waals surface area contributed by atoms with Gasteiger partial charge in [-0.1, -0.05) is 61.8 Å². The Labute approximate surface area is 253 Å². The van der Waals surface area contributed by atoms with Gasteiger partial charge in [-0.2, -0.15) is 9.78 Å². The van der Waals surface area contributed by atoms with Gasteiger partial charge in [-0.15, -0.1) is 0 Å². The summed E-state index contributed by atoms with van der Waals surface area (Å²) in [4.78, 5) is 30.1. The van der Waals surface area contributed by atoms with Crippen molar-refractivity contribution in [1.29, 1.82) is 0 Å². The Kier molecular flexibility index (Phi) is 8.54. The lowest BCUT2D eigenvalue weighted by Gasteiger charge is -2.17. The first-order chi connectivity index (χ1) is 20.7. The van der Waals surface area contributed by atoms with Gasteiger partial charge in [0.15, 0.2) is 5.82 Å². The minimum absolute atomic E-state index is 0.00207. The van der Waals surface area contributed by atoms with Crippen LogP contribution in [0.4, 0.5) is 5.69 Å². The third-order valence-corrected chi connectivity index (χ3v) is 7.43. The zero-order chi connectivity index (χ0) is 30.7. The number of benzene rings is 4. The van der Waals surface area contributed by atoms with Crippen molar-refractivity contribution in [3.63, 3.8) is 0 Å². The van der Waals surface area contributed by atoms with Gasteiger partial charge >= 0.3 is 5.69 Å². The second-order valence-corrected chi connectivity index (χ2v) is 10.6. The molecule has 0 fully saturated rings. The molecule has 0 spiro atoms. The largest absolute Gasteiger partial charge is 0.496 e. The van der Waals surface area contributed by atoms with E-state index in [1.165, 1.54) is 23.0 Å². The highest BCUT2D eigenvalue weighted by Gasteiger charge is 2.21. The van der Waals surface area contributed by atoms with Crippen molar-refractivity contribution in [2.24, 2.45) is 5.10 Å². The number of methoxy groups -OCH3 is 1. The number of hydrogen-bond donors (Lipinski definition) is 0. The van der Waals surface area contributed by atoms with Gasteiger partial charge in [0, 0.05) is 27.8 Å². The quantitative estimate of drug-likeness (QED) is 0.0988. The Balaban J connectivity index is 1.68. The van der Waals surface area contributed by atoms with E-state index in [1.54, 1.807) is 55.6 Å². The third-order valence-electron chi connectivity index (χ3n) is 7.06. The van der Waals surface area contributed by atoms with E-state index in [0.717, 1.165) is 16.9 Å². The molecule has 0 amide bonds. The number of halogens is 1. The van der Waals surface area contributed by atoms with Crippen molar-refractivity contribution in [2.75, 3.05) is 7.11 Å². The maximum absolute atomic E-state index is 13.8. The standard InChI is InChI=1S/C33H29ClN4O5/c1-20(2)25-17-26(21(3)16-30(25)42-4)32-36-28-14-8-6-12-24(28)33(39)37(32)35-18-22-11-9-15-29(38(40)41)31(22)43-19-23-10-5-7-13-27(23)34/h5-18,20H,19H2,1-4H3. The van der Waals surface area contributed by atoms with Crippen LogP contribution in [0.25, 0.3) is 22.3 Å². The summed E-state index contributed by atoms with van der Waals surface area (Å²) < 4.78 is 12.8. The van der Waals surface area contributed by atoms with Crippen LogP contribution in [0.5, 0.6) is 11.5 Å². The zero-order valence-corrected chi connectivity index (χ0v) is 24.8. The van der Waals surface area contributed by atoms with Gasteiger partial charge in [-0.05, 0) is 60.4 Å². The van der Waals surface area contributed by atoms with Crippen LogP contribution >= 0.6 is 11.6 Å². The lowest BCUT2D eigenvalue weighted by Crippen LogP contribution is -2.21. The van der Waals surface area contributed by atoms with Crippen LogP contribution in [0.15, 0.2) is 88.8 Å². The molecule has 0 saturated heterocycles. The normalized spacial score (nSPS) is 11.4. The molecule has 9 nitrogen and oxygen atoms in total. The number of ether oxygens (including phenoxy) is 2. The van der Waals surface area contributed by atoms with Crippen molar-refractivity contribution in [3.8, 4) is 22.9 Å². The van der Waals surface area contributed by atoms with Gasteiger partial charge in [-0.3, -0.25) is 14.9 Å². The number of aryl methyl sites for hydroxylation is 1. The summed E-state index contributed by atoms with van der Waals surface area (Å²) in [6.07, 6.45) is 1.37. The van der Waals surface area contributed by atoms with Crippen LogP contribution < -0.4 is 15.0 Å². The Hall–Kier alpha value is -5.02. The molecule has 0 radical (unpaired) electrons. The highest BCUT2D eigenvalue weighted by Crippen LogP contribution is 2.35. The summed E-state index contributed by atoms with van der Waals surface area (Å²) in [5, 5.41) is 17.3. The SMILES string of the molecule is COc1cc(C)c(-c2nc3ccccc3c(=O)n2N=Cc2cccc([N+](=O)[O-])c2OCc2ccccc2Cl)cc1C(C)C. The van der Waals surface area contributed by atoms with Crippen molar-refractivity contribution in [1.82, 2.24) is 9.66 Å². The van der Waals surface area contributed by atoms with E-state index >= 15 is 0 Å². The van der Waals surface area contributed by atoms with Crippen LogP contribution in [0.2, 0.25) is 5.02 Å². The molecule has 0 aliphatic heterocycles. The van der Waals surface area contributed by atoms with Crippen molar-refractivity contribution in [3.05, 3.63) is 127 Å². The molecule has 0 unspecified atom stereocenters. The Bertz CT molecular complexity index is 1930. The number of fused-ring (bicyclic) bond motifs is 1. The molecule has 0 bridgehead atoms. The first kappa shape index (κ1) is 29.5. The molecule has 0 N–H and O–H groups in total. The van der Waals surface area contributed by atoms with Crippen molar-refractivity contribution < 1.29 is 14.4 Å². The number of nitrogens with zero attached hydrogens (tertiary/aromatic N) is 4. The van der Waals surface area contributed by atoms with E-state index in [4.69, 9.17) is 26.1 Å². The highest BCUT2D eigenvalue weighted by molar-refractivity contribution is 6.31. The molecule has 4 aromatic carbocycles. The van der Waals surface area contributed by atoms with Crippen LogP contribution in [0.3, 0.4) is 0 Å². The number of hydrogen-bond acceptors (Lipinski definition) is 7. The zero-order valence-electron chi connectivity index (χ0n) is 24.1. The maximum atomic E-state index is 13.8. The van der Waals surface area contributed by atoms with E-state index in [9.17, 15) is 14.9 Å². The van der Waals surface area contributed by atoms with Crippen molar-refractivity contribution in [2.45, 2.75) is 33.3 Å². The minimum atomic E-state index is -0.525. The molecule has 1 aromatic heterocycles. The first-order valence-corrected chi connectivity index (χ1v) is 14.0. The third kappa shape index (κ3) is 5.98. The van der Waals surface area contributed by atoms with E-state index in [1.807, 2.05) is 25.1 Å². The topological polar surface area (TPSA) is 109 Å². The first-order valence-electron chi connectivity index (χ1n) is 13.6. The Morgan fingerprint density at radius 3 is 2.53 bits per heavy atom. The molecule has 0 aliphatic carbocycles. The average Bonchev–Trinajstić information content (AvgIpc) is 3.00. The Morgan fingerprint density at radius 2 is 1.81 bits per heavy atom. The molecule has 1 heterocycles. The van der Waals surface area contributed by atoms with Gasteiger partial charge in [0.05, 0.1) is 29.2 Å². The molecule has 0 aliphatic rings. The van der Waals surface area contributed by atoms with Gasteiger partial charge in [0.2, 0.25) is 5.75 Å². The van der Waals surface area contributed by atoms with E-state index in [0.29, 0.717) is 38.4 Å². The van der Waals surface area contributed by atoms with Crippen LogP contribution in [-0.4, -0.2) is 27.9 Å². The number of aromatic nitrogens is 2. The number of para-hydroxylation sites is 2. The summed E-state index contributed by atoms with van der Waals surface area (Å²) in [5.41, 5.74) is 3.37. The number of rotatable bonds is 9. The molecular formula is C33H29ClN4O5. The molecule has 5 rings (SSSR count). The maximum Gasteiger partial charge on any atom is 0.311 e. The van der Waals surface area contributed by atoms with Crippen molar-refractivity contribution >= 4 is 34.4 Å². The van der Waals surface area contributed by atoms with Crippen LogP contribution in [0, 0.1) is 17.0 Å². The predicted molar refractivity (Wildman–Crippen MR) is 169 cm³/mol. The van der Waals surface area contributed by atoms with E-state index in [-0.39, 0.29) is 29.5 Å². The van der Waals surface area contributed by atoms with Gasteiger partial charge in [0.25, 0.3) is 5.56 Å². The lowest BCUT2D eigenvalue weighted by atomic mass is 9.96. The minimum Gasteiger partial charge on any atom is -0.496 e. The Morgan fingerprint density at radius 1 is 1.07 bits per heavy atom. The summed E-state index contributed by atoms with van der Waals surface area (Å²) in [6.45, 7) is 6.03. The van der Waals surface area contributed by atoms with E-state index < -0.39 is 4.92 Å². The fraction of sp³-hybridized carbons (Fsp3) is 0.182. The molecule has 43 heavy (non-hydrogen) atoms. The summed E-state index contributed by atoms with van der Waals surface area (Å²) in [6, 6.07) is 22.5. The second-order valence-electron chi connectivity index (χ2n) is 10.2. The summed E-state index contributed by atoms with van der Waals surface area (Å²) in [5.74, 6) is 1.21. The smallest absolute Gasteiger partial charge is 0.311 e. The summed E-state index contributed by atoms with van der Waals surface area (Å²) in [7, 11) is 1.62. The average molecular weight is 597 g/mol. The molecular weight excluding hydrogens is 568 g/mol. The molecule has 0 saturated carbocycles. The van der Waals surface area contributed by atoms with Crippen LogP contribution in [-0.2, 0) is 6.61 Å². The number of nitro groups is 1. The monoisotopic (exact) mass is 596 g/mol. The number of nitro benzene ring substituents is 1. The fourth-order valence-electron chi connectivity index (χ4n) is 4.80.